The second kappa shape index (κ2) is 5.43. The summed E-state index contributed by atoms with van der Waals surface area (Å²) < 4.78 is 0. The van der Waals surface area contributed by atoms with Gasteiger partial charge in [0.2, 0.25) is 0 Å². The number of likely N-dealkylation sites (tertiary alicyclic amines) is 1. The Morgan fingerprint density at radius 2 is 1.56 bits per heavy atom. The maximum atomic E-state index is 5.77. The number of benzene rings is 1. The third kappa shape index (κ3) is 2.61. The summed E-state index contributed by atoms with van der Waals surface area (Å²) in [5.41, 5.74) is 12.9. The molecule has 0 radical (unpaired) electrons. The van der Waals surface area contributed by atoms with Crippen LogP contribution in [0.2, 0.25) is 0 Å². The van der Waals surface area contributed by atoms with Gasteiger partial charge in [0.25, 0.3) is 0 Å². The Morgan fingerprint density at radius 3 is 2.06 bits per heavy atom. The number of rotatable bonds is 4. The van der Waals surface area contributed by atoms with Crippen molar-refractivity contribution in [2.75, 3.05) is 26.2 Å². The van der Waals surface area contributed by atoms with Crippen molar-refractivity contribution in [1.82, 2.24) is 4.90 Å². The summed E-state index contributed by atoms with van der Waals surface area (Å²) in [6.07, 6.45) is 0. The van der Waals surface area contributed by atoms with E-state index >= 15 is 0 Å². The van der Waals surface area contributed by atoms with E-state index in [1.165, 1.54) is 5.56 Å². The molecule has 0 aliphatic carbocycles. The van der Waals surface area contributed by atoms with E-state index in [1.54, 1.807) is 0 Å². The first-order valence-corrected chi connectivity index (χ1v) is 6.00. The molecule has 0 aromatic heterocycles. The molecule has 0 spiro atoms. The molecular weight excluding hydrogens is 198 g/mol. The zero-order valence-corrected chi connectivity index (χ0v) is 9.68. The minimum absolute atomic E-state index is 0.578. The van der Waals surface area contributed by atoms with E-state index in [0.717, 1.165) is 32.7 Å². The number of hydrogen-bond donors (Lipinski definition) is 2. The van der Waals surface area contributed by atoms with Crippen LogP contribution in [0.5, 0.6) is 0 Å². The van der Waals surface area contributed by atoms with Crippen LogP contribution in [0.25, 0.3) is 0 Å². The van der Waals surface area contributed by atoms with Crippen molar-refractivity contribution in [2.24, 2.45) is 23.3 Å². The van der Waals surface area contributed by atoms with Crippen LogP contribution in [0.1, 0.15) is 5.56 Å². The van der Waals surface area contributed by atoms with Gasteiger partial charge in [-0.2, -0.15) is 0 Å². The van der Waals surface area contributed by atoms with Gasteiger partial charge in [-0.25, -0.2) is 0 Å². The average Bonchev–Trinajstić information content (AvgIpc) is 2.72. The fraction of sp³-hybridized carbons (Fsp3) is 0.538. The minimum atomic E-state index is 0.578. The van der Waals surface area contributed by atoms with E-state index in [-0.39, 0.29) is 0 Å². The number of nitrogens with two attached hydrogens (primary N) is 2. The van der Waals surface area contributed by atoms with Crippen molar-refractivity contribution in [3.8, 4) is 0 Å². The zero-order chi connectivity index (χ0) is 11.4. The molecule has 0 amide bonds. The van der Waals surface area contributed by atoms with Crippen LogP contribution in [0.3, 0.4) is 0 Å². The fourth-order valence-electron chi connectivity index (χ4n) is 2.54. The van der Waals surface area contributed by atoms with Crippen molar-refractivity contribution < 1.29 is 0 Å². The lowest BCUT2D eigenvalue weighted by atomic mass is 9.97. The molecule has 1 fully saturated rings. The summed E-state index contributed by atoms with van der Waals surface area (Å²) in [5.74, 6) is 1.16. The zero-order valence-electron chi connectivity index (χ0n) is 9.68. The first-order chi connectivity index (χ1) is 7.83. The van der Waals surface area contributed by atoms with Gasteiger partial charge >= 0.3 is 0 Å². The van der Waals surface area contributed by atoms with Gasteiger partial charge in [-0.05, 0) is 30.5 Å². The van der Waals surface area contributed by atoms with Gasteiger partial charge in [-0.1, -0.05) is 30.3 Å². The highest BCUT2D eigenvalue weighted by molar-refractivity contribution is 5.14. The Kier molecular flexibility index (Phi) is 3.93. The summed E-state index contributed by atoms with van der Waals surface area (Å²) in [7, 11) is 0. The molecule has 4 N–H and O–H groups in total. The van der Waals surface area contributed by atoms with E-state index in [4.69, 9.17) is 11.5 Å². The normalized spacial score (nSPS) is 26.1. The highest BCUT2D eigenvalue weighted by atomic mass is 15.2. The summed E-state index contributed by atoms with van der Waals surface area (Å²) in [6, 6.07) is 10.6. The molecule has 0 saturated carbocycles. The molecule has 1 aromatic carbocycles. The highest BCUT2D eigenvalue weighted by Crippen LogP contribution is 2.23. The summed E-state index contributed by atoms with van der Waals surface area (Å²) >= 11 is 0. The van der Waals surface area contributed by atoms with Crippen molar-refractivity contribution in [3.05, 3.63) is 35.9 Å². The monoisotopic (exact) mass is 219 g/mol. The minimum Gasteiger partial charge on any atom is -0.330 e. The molecule has 88 valence electrons. The number of hydrogen-bond acceptors (Lipinski definition) is 3. The molecule has 3 nitrogen and oxygen atoms in total. The van der Waals surface area contributed by atoms with Gasteiger partial charge in [-0.15, -0.1) is 0 Å². The Bertz CT molecular complexity index is 300. The lowest BCUT2D eigenvalue weighted by Gasteiger charge is -2.15. The van der Waals surface area contributed by atoms with E-state index in [9.17, 15) is 0 Å². The van der Waals surface area contributed by atoms with E-state index in [1.807, 2.05) is 0 Å². The van der Waals surface area contributed by atoms with Crippen LogP contribution < -0.4 is 11.5 Å². The molecule has 1 aromatic rings. The van der Waals surface area contributed by atoms with Crippen molar-refractivity contribution in [3.63, 3.8) is 0 Å². The average molecular weight is 219 g/mol. The Morgan fingerprint density at radius 1 is 1.00 bits per heavy atom. The predicted octanol–water partition coefficient (Wildman–Crippen LogP) is 0.652. The first kappa shape index (κ1) is 11.6. The molecule has 2 atom stereocenters. The maximum Gasteiger partial charge on any atom is 0.0233 e. The van der Waals surface area contributed by atoms with Crippen molar-refractivity contribution in [2.45, 2.75) is 6.54 Å². The SMILES string of the molecule is NC[C@H]1CN(Cc2ccccc2)C[C@@H]1CN. The molecule has 0 unspecified atom stereocenters. The molecule has 1 heterocycles. The van der Waals surface area contributed by atoms with Crippen molar-refractivity contribution >= 4 is 0 Å². The van der Waals surface area contributed by atoms with Gasteiger partial charge in [0, 0.05) is 19.6 Å². The van der Waals surface area contributed by atoms with Crippen LogP contribution >= 0.6 is 0 Å². The van der Waals surface area contributed by atoms with Crippen LogP contribution in [-0.2, 0) is 6.54 Å². The van der Waals surface area contributed by atoms with Crippen LogP contribution in [0.4, 0.5) is 0 Å². The Hall–Kier alpha value is -0.900. The van der Waals surface area contributed by atoms with Crippen molar-refractivity contribution in [1.29, 1.82) is 0 Å². The lowest BCUT2D eigenvalue weighted by Crippen LogP contribution is -2.27. The smallest absolute Gasteiger partial charge is 0.0233 e. The largest absolute Gasteiger partial charge is 0.330 e. The molecule has 16 heavy (non-hydrogen) atoms. The van der Waals surface area contributed by atoms with Gasteiger partial charge < -0.3 is 11.5 Å². The summed E-state index contributed by atoms with van der Waals surface area (Å²) in [5, 5.41) is 0. The molecule has 3 heteroatoms. The third-order valence-corrected chi connectivity index (χ3v) is 3.51. The topological polar surface area (TPSA) is 55.3 Å². The first-order valence-electron chi connectivity index (χ1n) is 6.00. The highest BCUT2D eigenvalue weighted by Gasteiger charge is 2.30. The summed E-state index contributed by atoms with van der Waals surface area (Å²) in [6.45, 7) is 4.72. The van der Waals surface area contributed by atoms with Gasteiger partial charge in [0.1, 0.15) is 0 Å². The van der Waals surface area contributed by atoms with Crippen LogP contribution in [0.15, 0.2) is 30.3 Å². The molecule has 1 aliphatic rings. The van der Waals surface area contributed by atoms with Crippen LogP contribution in [0, 0.1) is 11.8 Å². The molecule has 2 rings (SSSR count). The van der Waals surface area contributed by atoms with E-state index in [2.05, 4.69) is 35.2 Å². The predicted molar refractivity (Wildman–Crippen MR) is 66.8 cm³/mol. The Balaban J connectivity index is 1.93. The maximum absolute atomic E-state index is 5.77. The fourth-order valence-corrected chi connectivity index (χ4v) is 2.54. The van der Waals surface area contributed by atoms with Gasteiger partial charge in [-0.3, -0.25) is 4.90 Å². The second-order valence-corrected chi connectivity index (χ2v) is 4.67. The number of nitrogens with zero attached hydrogens (tertiary/aromatic N) is 1. The van der Waals surface area contributed by atoms with Gasteiger partial charge in [0.15, 0.2) is 0 Å². The third-order valence-electron chi connectivity index (χ3n) is 3.51. The standard InChI is InChI=1S/C13H21N3/c14-6-12-9-16(10-13(12)7-15)8-11-4-2-1-3-5-11/h1-5,12-13H,6-10,14-15H2/t12-,13-/m0/s1. The lowest BCUT2D eigenvalue weighted by molar-refractivity contribution is 0.314. The van der Waals surface area contributed by atoms with Gasteiger partial charge in [0.05, 0.1) is 0 Å². The molecule has 1 aliphatic heterocycles. The van der Waals surface area contributed by atoms with E-state index in [0.29, 0.717) is 11.8 Å². The summed E-state index contributed by atoms with van der Waals surface area (Å²) in [4.78, 5) is 2.46. The molecule has 1 saturated heterocycles. The Labute approximate surface area is 97.4 Å². The molecule has 0 bridgehead atoms. The van der Waals surface area contributed by atoms with Crippen LogP contribution in [-0.4, -0.2) is 31.1 Å². The quantitative estimate of drug-likeness (QED) is 0.782. The second-order valence-electron chi connectivity index (χ2n) is 4.67. The van der Waals surface area contributed by atoms with E-state index < -0.39 is 0 Å². The molecular formula is C13H21N3.